The molecule has 0 saturated heterocycles. The molecule has 0 aliphatic carbocycles. The van der Waals surface area contributed by atoms with E-state index >= 15 is 0 Å². The van der Waals surface area contributed by atoms with E-state index in [0.29, 0.717) is 0 Å². The molecule has 2 rings (SSSR count). The highest BCUT2D eigenvalue weighted by Gasteiger charge is 2.21. The van der Waals surface area contributed by atoms with Gasteiger partial charge in [0, 0.05) is 5.56 Å². The zero-order valence-corrected chi connectivity index (χ0v) is 8.70. The molecule has 0 bridgehead atoms. The van der Waals surface area contributed by atoms with Crippen molar-refractivity contribution in [2.75, 3.05) is 0 Å². The van der Waals surface area contributed by atoms with Gasteiger partial charge in [0.2, 0.25) is 0 Å². The summed E-state index contributed by atoms with van der Waals surface area (Å²) < 4.78 is 40.2. The van der Waals surface area contributed by atoms with E-state index in [0.717, 1.165) is 18.2 Å². The second-order valence-corrected chi connectivity index (χ2v) is 3.56. The van der Waals surface area contributed by atoms with Crippen molar-refractivity contribution in [1.29, 1.82) is 0 Å². The van der Waals surface area contributed by atoms with Crippen LogP contribution >= 0.6 is 0 Å². The first-order chi connectivity index (χ1) is 8.11. The lowest BCUT2D eigenvalue weighted by molar-refractivity contribution is 0.204. The van der Waals surface area contributed by atoms with Crippen LogP contribution in [-0.4, -0.2) is 5.11 Å². The van der Waals surface area contributed by atoms with E-state index in [1.165, 1.54) is 24.3 Å². The Morgan fingerprint density at radius 2 is 1.29 bits per heavy atom. The lowest BCUT2D eigenvalue weighted by Crippen LogP contribution is -2.07. The summed E-state index contributed by atoms with van der Waals surface area (Å²) in [4.78, 5) is 0. The van der Waals surface area contributed by atoms with Crippen molar-refractivity contribution in [1.82, 2.24) is 0 Å². The molecule has 0 spiro atoms. The Bertz CT molecular complexity index is 520. The SMILES string of the molecule is OC(c1ccccc1F)c1c(F)cccc1F. The summed E-state index contributed by atoms with van der Waals surface area (Å²) >= 11 is 0. The van der Waals surface area contributed by atoms with Crippen LogP contribution in [0, 0.1) is 17.5 Å². The number of rotatable bonds is 2. The van der Waals surface area contributed by atoms with Crippen LogP contribution in [0.2, 0.25) is 0 Å². The molecule has 2 aromatic carbocycles. The molecule has 1 N–H and O–H groups in total. The van der Waals surface area contributed by atoms with Gasteiger partial charge < -0.3 is 5.11 Å². The van der Waals surface area contributed by atoms with Gasteiger partial charge in [-0.15, -0.1) is 0 Å². The zero-order chi connectivity index (χ0) is 12.4. The van der Waals surface area contributed by atoms with Crippen molar-refractivity contribution in [3.8, 4) is 0 Å². The molecule has 0 aromatic heterocycles. The summed E-state index contributed by atoms with van der Waals surface area (Å²) in [5, 5.41) is 9.81. The highest BCUT2D eigenvalue weighted by molar-refractivity contribution is 5.32. The first kappa shape index (κ1) is 11.7. The van der Waals surface area contributed by atoms with E-state index in [9.17, 15) is 18.3 Å². The monoisotopic (exact) mass is 238 g/mol. The number of halogens is 3. The topological polar surface area (TPSA) is 20.2 Å². The van der Waals surface area contributed by atoms with Crippen LogP contribution in [0.5, 0.6) is 0 Å². The molecular weight excluding hydrogens is 229 g/mol. The molecule has 88 valence electrons. The van der Waals surface area contributed by atoms with Crippen LogP contribution in [0.15, 0.2) is 42.5 Å². The van der Waals surface area contributed by atoms with Gasteiger partial charge in [-0.2, -0.15) is 0 Å². The first-order valence-corrected chi connectivity index (χ1v) is 4.97. The average Bonchev–Trinajstić information content (AvgIpc) is 2.29. The number of hydrogen-bond donors (Lipinski definition) is 1. The summed E-state index contributed by atoms with van der Waals surface area (Å²) in [7, 11) is 0. The van der Waals surface area contributed by atoms with E-state index in [1.807, 2.05) is 0 Å². The molecular formula is C13H9F3O. The molecule has 0 saturated carbocycles. The normalized spacial score (nSPS) is 12.5. The van der Waals surface area contributed by atoms with Crippen molar-refractivity contribution in [3.05, 3.63) is 71.0 Å². The Balaban J connectivity index is 2.51. The number of aliphatic hydroxyl groups is 1. The van der Waals surface area contributed by atoms with Crippen molar-refractivity contribution >= 4 is 0 Å². The Morgan fingerprint density at radius 3 is 1.88 bits per heavy atom. The highest BCUT2D eigenvalue weighted by atomic mass is 19.1. The molecule has 0 heterocycles. The summed E-state index contributed by atoms with van der Waals surface area (Å²) in [5.41, 5.74) is -0.700. The van der Waals surface area contributed by atoms with Gasteiger partial charge in [-0.25, -0.2) is 13.2 Å². The third kappa shape index (κ3) is 2.17. The van der Waals surface area contributed by atoms with Gasteiger partial charge in [-0.1, -0.05) is 24.3 Å². The number of benzene rings is 2. The second-order valence-electron chi connectivity index (χ2n) is 3.56. The quantitative estimate of drug-likeness (QED) is 0.851. The van der Waals surface area contributed by atoms with E-state index in [-0.39, 0.29) is 5.56 Å². The van der Waals surface area contributed by atoms with Crippen molar-refractivity contribution in [3.63, 3.8) is 0 Å². The summed E-state index contributed by atoms with van der Waals surface area (Å²) in [6, 6.07) is 8.54. The molecule has 2 aromatic rings. The molecule has 1 nitrogen and oxygen atoms in total. The largest absolute Gasteiger partial charge is 0.383 e. The summed E-state index contributed by atoms with van der Waals surface area (Å²) in [5.74, 6) is -2.51. The van der Waals surface area contributed by atoms with Gasteiger partial charge in [0.1, 0.15) is 23.6 Å². The Morgan fingerprint density at radius 1 is 0.765 bits per heavy atom. The van der Waals surface area contributed by atoms with Crippen LogP contribution < -0.4 is 0 Å². The fourth-order valence-electron chi connectivity index (χ4n) is 1.62. The Kier molecular flexibility index (Phi) is 3.15. The van der Waals surface area contributed by atoms with Gasteiger partial charge in [-0.3, -0.25) is 0 Å². The molecule has 17 heavy (non-hydrogen) atoms. The standard InChI is InChI=1S/C13H9F3O/c14-9-5-2-1-4-8(9)13(17)12-10(15)6-3-7-11(12)16/h1-7,13,17H. The average molecular weight is 238 g/mol. The minimum atomic E-state index is -1.66. The molecule has 1 atom stereocenters. The zero-order valence-electron chi connectivity index (χ0n) is 8.70. The molecule has 0 radical (unpaired) electrons. The van der Waals surface area contributed by atoms with Crippen LogP contribution in [0.25, 0.3) is 0 Å². The molecule has 0 amide bonds. The third-order valence-corrected chi connectivity index (χ3v) is 2.47. The molecule has 0 aliphatic heterocycles. The minimum Gasteiger partial charge on any atom is -0.383 e. The predicted molar refractivity (Wildman–Crippen MR) is 56.8 cm³/mol. The Hall–Kier alpha value is -1.81. The van der Waals surface area contributed by atoms with E-state index < -0.39 is 29.1 Å². The maximum absolute atomic E-state index is 13.4. The van der Waals surface area contributed by atoms with Crippen molar-refractivity contribution in [2.24, 2.45) is 0 Å². The highest BCUT2D eigenvalue weighted by Crippen LogP contribution is 2.28. The van der Waals surface area contributed by atoms with Crippen LogP contribution in [0.3, 0.4) is 0 Å². The van der Waals surface area contributed by atoms with Crippen molar-refractivity contribution < 1.29 is 18.3 Å². The molecule has 4 heteroatoms. The predicted octanol–water partition coefficient (Wildman–Crippen LogP) is 3.19. The molecule has 1 unspecified atom stereocenters. The van der Waals surface area contributed by atoms with Crippen molar-refractivity contribution in [2.45, 2.75) is 6.10 Å². The van der Waals surface area contributed by atoms with Gasteiger partial charge >= 0.3 is 0 Å². The Labute approximate surface area is 96.1 Å². The van der Waals surface area contributed by atoms with Gasteiger partial charge in [0.15, 0.2) is 0 Å². The molecule has 0 fully saturated rings. The first-order valence-electron chi connectivity index (χ1n) is 4.97. The summed E-state index contributed by atoms with van der Waals surface area (Å²) in [6.07, 6.45) is -1.66. The third-order valence-electron chi connectivity index (χ3n) is 2.47. The minimum absolute atomic E-state index is 0.156. The summed E-state index contributed by atoms with van der Waals surface area (Å²) in [6.45, 7) is 0. The lowest BCUT2D eigenvalue weighted by Gasteiger charge is -2.13. The fraction of sp³-hybridized carbons (Fsp3) is 0.0769. The lowest BCUT2D eigenvalue weighted by atomic mass is 10.00. The smallest absolute Gasteiger partial charge is 0.132 e. The van der Waals surface area contributed by atoms with E-state index in [4.69, 9.17) is 0 Å². The number of aliphatic hydroxyl groups excluding tert-OH is 1. The van der Waals surface area contributed by atoms with E-state index in [2.05, 4.69) is 0 Å². The van der Waals surface area contributed by atoms with Gasteiger partial charge in [0.25, 0.3) is 0 Å². The maximum Gasteiger partial charge on any atom is 0.132 e. The fourth-order valence-corrected chi connectivity index (χ4v) is 1.62. The van der Waals surface area contributed by atoms with Crippen LogP contribution in [-0.2, 0) is 0 Å². The van der Waals surface area contributed by atoms with E-state index in [1.54, 1.807) is 0 Å². The van der Waals surface area contributed by atoms with Crippen LogP contribution in [0.1, 0.15) is 17.2 Å². The molecule has 0 aliphatic rings. The maximum atomic E-state index is 13.4. The van der Waals surface area contributed by atoms with Gasteiger partial charge in [-0.05, 0) is 18.2 Å². The van der Waals surface area contributed by atoms with Gasteiger partial charge in [0.05, 0.1) is 5.56 Å². The van der Waals surface area contributed by atoms with Crippen LogP contribution in [0.4, 0.5) is 13.2 Å². The number of hydrogen-bond acceptors (Lipinski definition) is 1. The second kappa shape index (κ2) is 4.59.